The van der Waals surface area contributed by atoms with Gasteiger partial charge in [-0.1, -0.05) is 43.7 Å². The molecule has 0 aliphatic rings. The van der Waals surface area contributed by atoms with Crippen molar-refractivity contribution in [3.63, 3.8) is 0 Å². The van der Waals surface area contributed by atoms with Gasteiger partial charge in [-0.25, -0.2) is 8.42 Å². The minimum Gasteiger partial charge on any atom is -0.497 e. The van der Waals surface area contributed by atoms with Gasteiger partial charge >= 0.3 is 0 Å². The highest BCUT2D eigenvalue weighted by Gasteiger charge is 2.30. The van der Waals surface area contributed by atoms with Gasteiger partial charge in [0.25, 0.3) is 0 Å². The maximum Gasteiger partial charge on any atom is 0.244 e. The molecule has 8 nitrogen and oxygen atoms in total. The summed E-state index contributed by atoms with van der Waals surface area (Å²) in [7, 11) is -2.30. The Morgan fingerprint density at radius 1 is 1.12 bits per heavy atom. The number of unbranched alkanes of at least 4 members (excludes halogenated alkanes) is 1. The Morgan fingerprint density at radius 2 is 1.82 bits per heavy atom. The monoisotopic (exact) mass is 489 g/mol. The van der Waals surface area contributed by atoms with Crippen LogP contribution in [0.4, 0.5) is 5.69 Å². The lowest BCUT2D eigenvalue weighted by Crippen LogP contribution is -2.51. The fourth-order valence-electron chi connectivity index (χ4n) is 3.47. The van der Waals surface area contributed by atoms with E-state index < -0.39 is 28.5 Å². The minimum absolute atomic E-state index is 0.184. The molecule has 0 radical (unpaired) electrons. The third-order valence-corrected chi connectivity index (χ3v) is 6.76. The van der Waals surface area contributed by atoms with Crippen molar-refractivity contribution in [2.24, 2.45) is 0 Å². The number of hydrogen-bond acceptors (Lipinski definition) is 5. The van der Waals surface area contributed by atoms with Crippen molar-refractivity contribution in [2.75, 3.05) is 30.8 Å². The summed E-state index contributed by atoms with van der Waals surface area (Å²) < 4.78 is 31.5. The Hall–Kier alpha value is -3.07. The van der Waals surface area contributed by atoms with Crippen molar-refractivity contribution in [1.29, 1.82) is 0 Å². The molecule has 9 heteroatoms. The first-order valence-corrected chi connectivity index (χ1v) is 13.2. The second kappa shape index (κ2) is 12.4. The molecule has 2 aromatic carbocycles. The summed E-state index contributed by atoms with van der Waals surface area (Å²) in [6.07, 6.45) is 2.82. The van der Waals surface area contributed by atoms with Crippen molar-refractivity contribution in [3.05, 3.63) is 59.7 Å². The average Bonchev–Trinajstić information content (AvgIpc) is 2.80. The van der Waals surface area contributed by atoms with Gasteiger partial charge in [-0.3, -0.25) is 13.9 Å². The van der Waals surface area contributed by atoms with Crippen LogP contribution in [0.3, 0.4) is 0 Å². The zero-order chi connectivity index (χ0) is 25.3. The molecule has 0 saturated carbocycles. The van der Waals surface area contributed by atoms with E-state index in [4.69, 9.17) is 4.74 Å². The highest BCUT2D eigenvalue weighted by atomic mass is 32.2. The van der Waals surface area contributed by atoms with E-state index in [0.717, 1.165) is 34.5 Å². The lowest BCUT2D eigenvalue weighted by atomic mass is 10.1. The second-order valence-electron chi connectivity index (χ2n) is 8.24. The minimum atomic E-state index is -3.79. The predicted octanol–water partition coefficient (Wildman–Crippen LogP) is 3.10. The molecule has 2 rings (SSSR count). The highest BCUT2D eigenvalue weighted by molar-refractivity contribution is 7.92. The number of anilines is 1. The van der Waals surface area contributed by atoms with E-state index in [1.54, 1.807) is 31.2 Å². The Bertz CT molecular complexity index is 1090. The van der Waals surface area contributed by atoms with Crippen LogP contribution in [0.5, 0.6) is 5.75 Å². The molecule has 1 N–H and O–H groups in total. The molecule has 0 aliphatic heterocycles. The van der Waals surface area contributed by atoms with Crippen molar-refractivity contribution < 1.29 is 22.7 Å². The van der Waals surface area contributed by atoms with Crippen molar-refractivity contribution in [1.82, 2.24) is 10.2 Å². The molecule has 0 bridgehead atoms. The standard InChI is InChI=1S/C25H35N3O5S/c1-6-7-15-26-25(30)20(3)27(17-21-12-9-8-11-19(21)2)24(29)18-28(34(5,31)32)22-13-10-14-23(16-22)33-4/h8-14,16,20H,6-7,15,17-18H2,1-5H3,(H,26,30)/t20-/m1/s1. The third kappa shape index (κ3) is 7.48. The molecular formula is C25H35N3O5S. The maximum atomic E-state index is 13.5. The molecule has 0 aromatic heterocycles. The summed E-state index contributed by atoms with van der Waals surface area (Å²) in [6.45, 7) is 5.89. The molecule has 2 amide bonds. The lowest BCUT2D eigenvalue weighted by Gasteiger charge is -2.32. The number of ether oxygens (including phenoxy) is 1. The summed E-state index contributed by atoms with van der Waals surface area (Å²) >= 11 is 0. The van der Waals surface area contributed by atoms with E-state index in [0.29, 0.717) is 18.0 Å². The Kier molecular flexibility index (Phi) is 9.92. The van der Waals surface area contributed by atoms with Crippen molar-refractivity contribution >= 4 is 27.5 Å². The fourth-order valence-corrected chi connectivity index (χ4v) is 4.31. The zero-order valence-corrected chi connectivity index (χ0v) is 21.4. The van der Waals surface area contributed by atoms with Crippen LogP contribution in [0.15, 0.2) is 48.5 Å². The smallest absolute Gasteiger partial charge is 0.244 e. The van der Waals surface area contributed by atoms with Gasteiger partial charge < -0.3 is 15.0 Å². The van der Waals surface area contributed by atoms with Crippen molar-refractivity contribution in [3.8, 4) is 5.75 Å². The van der Waals surface area contributed by atoms with Crippen LogP contribution >= 0.6 is 0 Å². The van der Waals surface area contributed by atoms with Gasteiger partial charge in [-0.15, -0.1) is 0 Å². The topological polar surface area (TPSA) is 96.0 Å². The number of nitrogens with zero attached hydrogens (tertiary/aromatic N) is 2. The molecule has 0 spiro atoms. The zero-order valence-electron chi connectivity index (χ0n) is 20.6. The van der Waals surface area contributed by atoms with Gasteiger partial charge in [0.2, 0.25) is 21.8 Å². The van der Waals surface area contributed by atoms with E-state index in [1.165, 1.54) is 12.0 Å². The van der Waals surface area contributed by atoms with Crippen LogP contribution in [-0.4, -0.2) is 57.6 Å². The number of carbonyl (C=O) groups is 2. The number of benzene rings is 2. The Morgan fingerprint density at radius 3 is 2.44 bits per heavy atom. The van der Waals surface area contributed by atoms with Gasteiger partial charge in [0.05, 0.1) is 19.1 Å². The number of aryl methyl sites for hydroxylation is 1. The first kappa shape index (κ1) is 27.2. The molecule has 0 aliphatic carbocycles. The molecule has 2 aromatic rings. The van der Waals surface area contributed by atoms with E-state index in [1.807, 2.05) is 38.1 Å². The largest absolute Gasteiger partial charge is 0.497 e. The first-order chi connectivity index (χ1) is 16.1. The number of sulfonamides is 1. The van der Waals surface area contributed by atoms with E-state index in [9.17, 15) is 18.0 Å². The summed E-state index contributed by atoms with van der Waals surface area (Å²) in [4.78, 5) is 27.8. The molecule has 0 heterocycles. The first-order valence-electron chi connectivity index (χ1n) is 11.3. The van der Waals surface area contributed by atoms with Gasteiger partial charge in [0, 0.05) is 19.2 Å². The van der Waals surface area contributed by atoms with E-state index in [2.05, 4.69) is 5.32 Å². The number of amides is 2. The number of methoxy groups -OCH3 is 1. The third-order valence-electron chi connectivity index (χ3n) is 5.62. The van der Waals surface area contributed by atoms with Crippen LogP contribution in [0.2, 0.25) is 0 Å². The van der Waals surface area contributed by atoms with E-state index >= 15 is 0 Å². The van der Waals surface area contributed by atoms with Crippen LogP contribution < -0.4 is 14.4 Å². The normalized spacial score (nSPS) is 12.0. The summed E-state index contributed by atoms with van der Waals surface area (Å²) in [6, 6.07) is 13.3. The summed E-state index contributed by atoms with van der Waals surface area (Å²) in [5, 5.41) is 2.87. The Balaban J connectivity index is 2.37. The maximum absolute atomic E-state index is 13.5. The molecule has 0 unspecified atom stereocenters. The van der Waals surface area contributed by atoms with Crippen LogP contribution in [0.25, 0.3) is 0 Å². The number of hydrogen-bond donors (Lipinski definition) is 1. The average molecular weight is 490 g/mol. The number of nitrogens with one attached hydrogen (secondary N) is 1. The van der Waals surface area contributed by atoms with Crippen LogP contribution in [0, 0.1) is 6.92 Å². The van der Waals surface area contributed by atoms with Gasteiger partial charge in [0.1, 0.15) is 18.3 Å². The fraction of sp³-hybridized carbons (Fsp3) is 0.440. The van der Waals surface area contributed by atoms with Crippen LogP contribution in [0.1, 0.15) is 37.8 Å². The lowest BCUT2D eigenvalue weighted by molar-refractivity contribution is -0.139. The quantitative estimate of drug-likeness (QED) is 0.462. The summed E-state index contributed by atoms with van der Waals surface area (Å²) in [5.74, 6) is -0.281. The van der Waals surface area contributed by atoms with Gasteiger partial charge in [0.15, 0.2) is 0 Å². The molecular weight excluding hydrogens is 454 g/mol. The highest BCUT2D eigenvalue weighted by Crippen LogP contribution is 2.24. The van der Waals surface area contributed by atoms with E-state index in [-0.39, 0.29) is 12.5 Å². The number of rotatable bonds is 12. The predicted molar refractivity (Wildman–Crippen MR) is 134 cm³/mol. The Labute approximate surface area is 202 Å². The van der Waals surface area contributed by atoms with Crippen LogP contribution in [-0.2, 0) is 26.2 Å². The molecule has 0 saturated heterocycles. The molecule has 186 valence electrons. The van der Waals surface area contributed by atoms with Gasteiger partial charge in [-0.2, -0.15) is 0 Å². The molecule has 34 heavy (non-hydrogen) atoms. The summed E-state index contributed by atoms with van der Waals surface area (Å²) in [5.41, 5.74) is 2.18. The number of carbonyl (C=O) groups excluding carboxylic acids is 2. The molecule has 0 fully saturated rings. The van der Waals surface area contributed by atoms with Gasteiger partial charge in [-0.05, 0) is 43.5 Å². The van der Waals surface area contributed by atoms with Crippen molar-refractivity contribution in [2.45, 2.75) is 46.2 Å². The molecule has 1 atom stereocenters. The SMILES string of the molecule is CCCCNC(=O)[C@@H](C)N(Cc1ccccc1C)C(=O)CN(c1cccc(OC)c1)S(C)(=O)=O. The second-order valence-corrected chi connectivity index (χ2v) is 10.1.